The molecule has 5 N–H and O–H groups in total. The number of aliphatic imine (C=N–C) groups is 1. The summed E-state index contributed by atoms with van der Waals surface area (Å²) in [5, 5.41) is 0. The minimum Gasteiger partial charge on any atom is -0.370 e. The summed E-state index contributed by atoms with van der Waals surface area (Å²) < 4.78 is 0. The number of guanidine groups is 1. The van der Waals surface area contributed by atoms with Gasteiger partial charge in [-0.25, -0.2) is 9.98 Å². The van der Waals surface area contributed by atoms with E-state index in [1.54, 1.807) is 11.3 Å². The highest BCUT2D eigenvalue weighted by Gasteiger charge is 2.09. The van der Waals surface area contributed by atoms with Gasteiger partial charge in [0.2, 0.25) is 0 Å². The number of nitrogens with zero attached hydrogens (tertiary/aromatic N) is 2. The van der Waals surface area contributed by atoms with Gasteiger partial charge in [-0.3, -0.25) is 0 Å². The van der Waals surface area contributed by atoms with Crippen LogP contribution in [0, 0.1) is 0 Å². The van der Waals surface area contributed by atoms with Crippen LogP contribution in [-0.2, 0) is 0 Å². The second-order valence-electron chi connectivity index (χ2n) is 5.35. The van der Waals surface area contributed by atoms with Crippen molar-refractivity contribution >= 4 is 34.0 Å². The number of fused-ring (bicyclic) bond motifs is 1. The van der Waals surface area contributed by atoms with Gasteiger partial charge < -0.3 is 16.5 Å². The number of nitrogens with one attached hydrogen (secondary N) is 1. The topological polar surface area (TPSA) is 93.1 Å². The predicted molar refractivity (Wildman–Crippen MR) is 100 cm³/mol. The molecule has 0 saturated heterocycles. The third kappa shape index (κ3) is 2.75. The summed E-state index contributed by atoms with van der Waals surface area (Å²) >= 11 is 1.71. The van der Waals surface area contributed by atoms with Crippen molar-refractivity contribution in [2.75, 3.05) is 0 Å². The zero-order valence-electron chi connectivity index (χ0n) is 12.7. The van der Waals surface area contributed by atoms with E-state index < -0.39 is 0 Å². The molecule has 24 heavy (non-hydrogen) atoms. The standard InChI is InChI=1S/C18H15N5S/c19-18(20)21-12-6-7-13-14(10-12)23-17(22-13)16-9-8-15(24-16)11-4-2-1-3-5-11/h1-10H,(H,22,23)(H4,19,20,21). The van der Waals surface area contributed by atoms with Gasteiger partial charge in [-0.2, -0.15) is 0 Å². The molecule has 0 saturated carbocycles. The number of nitrogens with two attached hydrogens (primary N) is 2. The minimum absolute atomic E-state index is 0.0415. The van der Waals surface area contributed by atoms with E-state index >= 15 is 0 Å². The molecule has 0 spiro atoms. The quantitative estimate of drug-likeness (QED) is 0.392. The van der Waals surface area contributed by atoms with Crippen LogP contribution in [0.25, 0.3) is 32.2 Å². The Morgan fingerprint density at radius 3 is 2.54 bits per heavy atom. The average molecular weight is 333 g/mol. The maximum absolute atomic E-state index is 5.43. The first-order valence-corrected chi connectivity index (χ1v) is 8.26. The van der Waals surface area contributed by atoms with E-state index in [1.165, 1.54) is 10.4 Å². The second kappa shape index (κ2) is 5.82. The smallest absolute Gasteiger partial charge is 0.191 e. The molecule has 2 heterocycles. The highest BCUT2D eigenvalue weighted by molar-refractivity contribution is 7.18. The lowest BCUT2D eigenvalue weighted by atomic mass is 10.2. The van der Waals surface area contributed by atoms with E-state index in [0.29, 0.717) is 5.69 Å². The molecule has 4 rings (SSSR count). The number of H-pyrrole nitrogens is 1. The molecule has 0 atom stereocenters. The molecular weight excluding hydrogens is 318 g/mol. The zero-order chi connectivity index (χ0) is 16.5. The van der Waals surface area contributed by atoms with E-state index in [1.807, 2.05) is 36.4 Å². The normalized spacial score (nSPS) is 10.8. The number of thiophene rings is 1. The van der Waals surface area contributed by atoms with Crippen LogP contribution in [0.2, 0.25) is 0 Å². The van der Waals surface area contributed by atoms with E-state index in [4.69, 9.17) is 11.5 Å². The fourth-order valence-electron chi connectivity index (χ4n) is 2.56. The lowest BCUT2D eigenvalue weighted by molar-refractivity contribution is 1.36. The van der Waals surface area contributed by atoms with E-state index in [0.717, 1.165) is 21.7 Å². The lowest BCUT2D eigenvalue weighted by Gasteiger charge is -1.94. The monoisotopic (exact) mass is 333 g/mol. The molecular formula is C18H15N5S. The molecule has 0 bridgehead atoms. The van der Waals surface area contributed by atoms with Gasteiger partial charge in [0.1, 0.15) is 5.82 Å². The molecule has 2 aromatic carbocycles. The van der Waals surface area contributed by atoms with Crippen LogP contribution >= 0.6 is 11.3 Å². The van der Waals surface area contributed by atoms with Crippen molar-refractivity contribution in [3.05, 3.63) is 60.7 Å². The summed E-state index contributed by atoms with van der Waals surface area (Å²) in [6, 6.07) is 20.2. The fraction of sp³-hybridized carbons (Fsp3) is 0. The highest BCUT2D eigenvalue weighted by atomic mass is 32.1. The van der Waals surface area contributed by atoms with Crippen molar-refractivity contribution in [1.82, 2.24) is 9.97 Å². The van der Waals surface area contributed by atoms with Crippen LogP contribution in [0.1, 0.15) is 0 Å². The zero-order valence-corrected chi connectivity index (χ0v) is 13.5. The van der Waals surface area contributed by atoms with Gasteiger partial charge in [-0.1, -0.05) is 30.3 Å². The first-order chi connectivity index (χ1) is 11.7. The molecule has 0 aliphatic carbocycles. The number of rotatable bonds is 3. The molecule has 0 radical (unpaired) electrons. The van der Waals surface area contributed by atoms with Gasteiger partial charge in [0, 0.05) is 4.88 Å². The minimum atomic E-state index is 0.0415. The maximum Gasteiger partial charge on any atom is 0.191 e. The lowest BCUT2D eigenvalue weighted by Crippen LogP contribution is -2.21. The molecule has 0 unspecified atom stereocenters. The van der Waals surface area contributed by atoms with Gasteiger partial charge in [-0.15, -0.1) is 11.3 Å². The van der Waals surface area contributed by atoms with Crippen molar-refractivity contribution in [3.63, 3.8) is 0 Å². The largest absolute Gasteiger partial charge is 0.370 e. The molecule has 0 fully saturated rings. The molecule has 2 aromatic heterocycles. The number of benzene rings is 2. The van der Waals surface area contributed by atoms with Crippen molar-refractivity contribution < 1.29 is 0 Å². The Balaban J connectivity index is 1.72. The van der Waals surface area contributed by atoms with E-state index in [2.05, 4.69) is 39.2 Å². The summed E-state index contributed by atoms with van der Waals surface area (Å²) in [7, 11) is 0. The fourth-order valence-corrected chi connectivity index (χ4v) is 3.51. The molecule has 0 aliphatic rings. The Kier molecular flexibility index (Phi) is 3.51. The van der Waals surface area contributed by atoms with Crippen LogP contribution in [0.3, 0.4) is 0 Å². The molecule has 5 nitrogen and oxygen atoms in total. The van der Waals surface area contributed by atoms with Gasteiger partial charge >= 0.3 is 0 Å². The van der Waals surface area contributed by atoms with E-state index in [9.17, 15) is 0 Å². The molecule has 0 aliphatic heterocycles. The maximum atomic E-state index is 5.43. The van der Waals surface area contributed by atoms with Gasteiger partial charge in [0.15, 0.2) is 5.96 Å². The third-order valence-corrected chi connectivity index (χ3v) is 4.76. The van der Waals surface area contributed by atoms with Crippen molar-refractivity contribution in [3.8, 4) is 21.1 Å². The van der Waals surface area contributed by atoms with Crippen molar-refractivity contribution in [2.45, 2.75) is 0 Å². The number of aromatic amines is 1. The Morgan fingerprint density at radius 2 is 1.75 bits per heavy atom. The molecule has 4 aromatic rings. The van der Waals surface area contributed by atoms with Gasteiger partial charge in [0.25, 0.3) is 0 Å². The van der Waals surface area contributed by atoms with Crippen LogP contribution in [0.4, 0.5) is 5.69 Å². The number of hydrogen-bond acceptors (Lipinski definition) is 3. The predicted octanol–water partition coefficient (Wildman–Crippen LogP) is 3.86. The third-order valence-electron chi connectivity index (χ3n) is 3.62. The van der Waals surface area contributed by atoms with Crippen LogP contribution in [0.15, 0.2) is 65.7 Å². The Morgan fingerprint density at radius 1 is 0.958 bits per heavy atom. The van der Waals surface area contributed by atoms with Crippen molar-refractivity contribution in [2.24, 2.45) is 16.5 Å². The SMILES string of the molecule is NC(N)=Nc1ccc2nc(-c3ccc(-c4ccccc4)s3)[nH]c2c1. The first-order valence-electron chi connectivity index (χ1n) is 7.44. The molecule has 118 valence electrons. The second-order valence-corrected chi connectivity index (χ2v) is 6.44. The average Bonchev–Trinajstić information content (AvgIpc) is 3.21. The first kappa shape index (κ1) is 14.5. The van der Waals surface area contributed by atoms with E-state index in [-0.39, 0.29) is 5.96 Å². The molecule has 0 amide bonds. The number of imidazole rings is 1. The highest BCUT2D eigenvalue weighted by Crippen LogP contribution is 2.34. The van der Waals surface area contributed by atoms with Crippen LogP contribution in [-0.4, -0.2) is 15.9 Å². The summed E-state index contributed by atoms with van der Waals surface area (Å²) in [5.74, 6) is 0.888. The van der Waals surface area contributed by atoms with Crippen LogP contribution in [0.5, 0.6) is 0 Å². The van der Waals surface area contributed by atoms with Crippen LogP contribution < -0.4 is 11.5 Å². The number of hydrogen-bond donors (Lipinski definition) is 3. The Labute approximate surface area is 142 Å². The number of aromatic nitrogens is 2. The Hall–Kier alpha value is -3.12. The van der Waals surface area contributed by atoms with Crippen molar-refractivity contribution in [1.29, 1.82) is 0 Å². The summed E-state index contributed by atoms with van der Waals surface area (Å²) in [5.41, 5.74) is 14.6. The summed E-state index contributed by atoms with van der Waals surface area (Å²) in [4.78, 5) is 14.4. The van der Waals surface area contributed by atoms with Gasteiger partial charge in [-0.05, 0) is 35.9 Å². The summed E-state index contributed by atoms with van der Waals surface area (Å²) in [6.07, 6.45) is 0. The molecule has 6 heteroatoms. The summed E-state index contributed by atoms with van der Waals surface area (Å²) in [6.45, 7) is 0. The Bertz CT molecular complexity index is 1030. The van der Waals surface area contributed by atoms with Gasteiger partial charge in [0.05, 0.1) is 21.6 Å².